The molecule has 0 aromatic heterocycles. The van der Waals surface area contributed by atoms with Crippen molar-refractivity contribution < 1.29 is 15.0 Å². The molecule has 0 aromatic rings. The first-order chi connectivity index (χ1) is 9.84. The molecule has 2 N–H and O–H groups in total. The quantitative estimate of drug-likeness (QED) is 0.578. The fourth-order valence-corrected chi connectivity index (χ4v) is 3.91. The maximum Gasteiger partial charge on any atom is 0.133 e. The first-order valence-corrected chi connectivity index (χ1v) is 8.04. The van der Waals surface area contributed by atoms with Crippen LogP contribution in [0.4, 0.5) is 0 Å². The molecule has 0 radical (unpaired) electrons. The molecule has 2 aliphatic carbocycles. The number of aliphatic hydroxyl groups excluding tert-OH is 2. The van der Waals surface area contributed by atoms with Gasteiger partial charge in [-0.1, -0.05) is 19.9 Å². The van der Waals surface area contributed by atoms with Crippen molar-refractivity contribution in [2.24, 2.45) is 23.2 Å². The van der Waals surface area contributed by atoms with Crippen molar-refractivity contribution in [3.63, 3.8) is 0 Å². The molecule has 0 heterocycles. The molecule has 0 spiro atoms. The Morgan fingerprint density at radius 2 is 2.14 bits per heavy atom. The van der Waals surface area contributed by atoms with Gasteiger partial charge in [0.2, 0.25) is 0 Å². The van der Waals surface area contributed by atoms with Crippen LogP contribution >= 0.6 is 0 Å². The number of allylic oxidation sites excluding steroid dienone is 2. The lowest BCUT2D eigenvalue weighted by Crippen LogP contribution is -2.22. The molecule has 0 saturated heterocycles. The number of hydrogen-bond acceptors (Lipinski definition) is 3. The van der Waals surface area contributed by atoms with Gasteiger partial charge >= 0.3 is 0 Å². The fraction of sp³-hybridized carbons (Fsp3) is 0.722. The van der Waals surface area contributed by atoms with Gasteiger partial charge in [-0.15, -0.1) is 6.58 Å². The minimum atomic E-state index is -0.499. The van der Waals surface area contributed by atoms with E-state index in [0.717, 1.165) is 19.3 Å². The number of aliphatic hydroxyl groups is 2. The molecule has 118 valence electrons. The Kier molecular flexibility index (Phi) is 4.92. The van der Waals surface area contributed by atoms with Crippen LogP contribution < -0.4 is 0 Å². The third kappa shape index (κ3) is 3.76. The van der Waals surface area contributed by atoms with Gasteiger partial charge in [0.15, 0.2) is 0 Å². The summed E-state index contributed by atoms with van der Waals surface area (Å²) in [6.07, 6.45) is 7.80. The van der Waals surface area contributed by atoms with Crippen molar-refractivity contribution in [1.82, 2.24) is 0 Å². The molecule has 0 amide bonds. The maximum atomic E-state index is 11.6. The van der Waals surface area contributed by atoms with E-state index in [1.807, 2.05) is 12.2 Å². The highest BCUT2D eigenvalue weighted by atomic mass is 16.3. The van der Waals surface area contributed by atoms with Crippen LogP contribution in [0.3, 0.4) is 0 Å². The highest BCUT2D eigenvalue weighted by Gasteiger charge is 2.49. The minimum Gasteiger partial charge on any atom is -0.512 e. The smallest absolute Gasteiger partial charge is 0.133 e. The van der Waals surface area contributed by atoms with Gasteiger partial charge in [-0.3, -0.25) is 4.79 Å². The first kappa shape index (κ1) is 16.3. The van der Waals surface area contributed by atoms with Crippen molar-refractivity contribution in [2.45, 2.75) is 58.5 Å². The van der Waals surface area contributed by atoms with E-state index in [9.17, 15) is 15.0 Å². The summed E-state index contributed by atoms with van der Waals surface area (Å²) in [5.74, 6) is 0.732. The zero-order chi connectivity index (χ0) is 15.6. The summed E-state index contributed by atoms with van der Waals surface area (Å²) in [6.45, 7) is 8.09. The lowest BCUT2D eigenvalue weighted by atomic mass is 9.82. The monoisotopic (exact) mass is 292 g/mol. The van der Waals surface area contributed by atoms with Crippen LogP contribution in [0.2, 0.25) is 0 Å². The van der Waals surface area contributed by atoms with Crippen LogP contribution in [0, 0.1) is 23.2 Å². The lowest BCUT2D eigenvalue weighted by molar-refractivity contribution is -0.118. The van der Waals surface area contributed by atoms with Crippen LogP contribution in [0.15, 0.2) is 24.5 Å². The topological polar surface area (TPSA) is 57.5 Å². The highest BCUT2D eigenvalue weighted by molar-refractivity contribution is 5.81. The van der Waals surface area contributed by atoms with Crippen molar-refractivity contribution in [3.8, 4) is 0 Å². The van der Waals surface area contributed by atoms with Crippen LogP contribution in [-0.4, -0.2) is 22.1 Å². The Morgan fingerprint density at radius 3 is 2.81 bits per heavy atom. The second-order valence-electron chi connectivity index (χ2n) is 7.52. The zero-order valence-corrected chi connectivity index (χ0v) is 13.2. The summed E-state index contributed by atoms with van der Waals surface area (Å²) in [4.78, 5) is 11.6. The molecule has 21 heavy (non-hydrogen) atoms. The van der Waals surface area contributed by atoms with Crippen LogP contribution in [0.25, 0.3) is 0 Å². The molecule has 2 fully saturated rings. The fourth-order valence-electron chi connectivity index (χ4n) is 3.91. The van der Waals surface area contributed by atoms with E-state index in [1.54, 1.807) is 0 Å². The van der Waals surface area contributed by atoms with Crippen LogP contribution in [0.1, 0.15) is 52.4 Å². The predicted octanol–water partition coefficient (Wildman–Crippen LogP) is 3.79. The maximum absolute atomic E-state index is 11.6. The molecule has 4 atom stereocenters. The van der Waals surface area contributed by atoms with Gasteiger partial charge in [-0.25, -0.2) is 0 Å². The van der Waals surface area contributed by atoms with Gasteiger partial charge in [0, 0.05) is 18.8 Å². The van der Waals surface area contributed by atoms with Crippen molar-refractivity contribution in [3.05, 3.63) is 24.5 Å². The molecule has 0 aromatic carbocycles. The van der Waals surface area contributed by atoms with Crippen molar-refractivity contribution >= 4 is 5.78 Å². The Bertz CT molecular complexity index is 436. The third-order valence-corrected chi connectivity index (χ3v) is 5.21. The number of fused-ring (bicyclic) bond motifs is 1. The van der Waals surface area contributed by atoms with E-state index in [4.69, 9.17) is 0 Å². The number of rotatable bonds is 6. The van der Waals surface area contributed by atoms with E-state index in [0.29, 0.717) is 19.3 Å². The number of ketones is 1. The summed E-state index contributed by atoms with van der Waals surface area (Å²) in [5.41, 5.74) is 0.108. The van der Waals surface area contributed by atoms with E-state index < -0.39 is 6.10 Å². The number of carbonyl (C=O) groups excluding carboxylic acids is 1. The van der Waals surface area contributed by atoms with Gasteiger partial charge in [0.05, 0.1) is 11.9 Å². The summed E-state index contributed by atoms with van der Waals surface area (Å²) >= 11 is 0. The lowest BCUT2D eigenvalue weighted by Gasteiger charge is -2.24. The van der Waals surface area contributed by atoms with E-state index in [-0.39, 0.29) is 34.7 Å². The molecule has 0 bridgehead atoms. The van der Waals surface area contributed by atoms with Gasteiger partial charge in [0.25, 0.3) is 0 Å². The number of carbonyl (C=O) groups is 1. The number of hydrogen-bond donors (Lipinski definition) is 2. The SMILES string of the molecule is C=CCCC(C)(C)CC=C(O)[C@@H]1[C@@H]2CC(=O)C[C@@H]2C[C@@H]1O. The summed E-state index contributed by atoms with van der Waals surface area (Å²) in [5, 5.41) is 20.6. The van der Waals surface area contributed by atoms with E-state index in [2.05, 4.69) is 20.4 Å². The molecule has 2 aliphatic rings. The molecule has 2 rings (SSSR count). The first-order valence-electron chi connectivity index (χ1n) is 8.04. The number of Topliss-reactive ketones (excluding diaryl/α,β-unsaturated/α-hetero) is 1. The largest absolute Gasteiger partial charge is 0.512 e. The molecular formula is C18H28O3. The molecular weight excluding hydrogens is 264 g/mol. The Labute approximate surface area is 127 Å². The third-order valence-electron chi connectivity index (χ3n) is 5.21. The molecule has 3 nitrogen and oxygen atoms in total. The van der Waals surface area contributed by atoms with Gasteiger partial charge < -0.3 is 10.2 Å². The Morgan fingerprint density at radius 1 is 1.43 bits per heavy atom. The molecule has 3 heteroatoms. The zero-order valence-electron chi connectivity index (χ0n) is 13.2. The Hall–Kier alpha value is -1.09. The molecule has 0 unspecified atom stereocenters. The van der Waals surface area contributed by atoms with Gasteiger partial charge in [-0.05, 0) is 49.0 Å². The summed E-state index contributed by atoms with van der Waals surface area (Å²) < 4.78 is 0. The van der Waals surface area contributed by atoms with Crippen LogP contribution in [-0.2, 0) is 4.79 Å². The molecule has 0 aliphatic heterocycles. The standard InChI is InChI=1S/C18H28O3/c1-4-5-7-18(2,3)8-6-15(20)17-14-11-13(19)9-12(14)10-16(17)21/h4,6,12,14,16-17,20-21H,1,5,7-11H2,2-3H3/t12-,14-,16+,17+/m1/s1. The van der Waals surface area contributed by atoms with Crippen LogP contribution in [0.5, 0.6) is 0 Å². The second-order valence-corrected chi connectivity index (χ2v) is 7.52. The molecule has 2 saturated carbocycles. The summed E-state index contributed by atoms with van der Waals surface area (Å²) in [7, 11) is 0. The Balaban J connectivity index is 2.01. The second kappa shape index (κ2) is 6.35. The average Bonchev–Trinajstić information content (AvgIpc) is 2.88. The van der Waals surface area contributed by atoms with E-state index >= 15 is 0 Å². The normalized spacial score (nSPS) is 33.3. The highest BCUT2D eigenvalue weighted by Crippen LogP contribution is 2.48. The summed E-state index contributed by atoms with van der Waals surface area (Å²) in [6, 6.07) is 0. The average molecular weight is 292 g/mol. The predicted molar refractivity (Wildman–Crippen MR) is 83.9 cm³/mol. The van der Waals surface area contributed by atoms with E-state index in [1.165, 1.54) is 0 Å². The minimum absolute atomic E-state index is 0.108. The van der Waals surface area contributed by atoms with Gasteiger partial charge in [0.1, 0.15) is 5.78 Å². The van der Waals surface area contributed by atoms with Crippen molar-refractivity contribution in [1.29, 1.82) is 0 Å². The van der Waals surface area contributed by atoms with Crippen molar-refractivity contribution in [2.75, 3.05) is 0 Å². The van der Waals surface area contributed by atoms with Gasteiger partial charge in [-0.2, -0.15) is 0 Å².